The first-order chi connectivity index (χ1) is 17.3. The molecule has 0 saturated heterocycles. The lowest BCUT2D eigenvalue weighted by Gasteiger charge is -2.21. The third-order valence-electron chi connectivity index (χ3n) is 5.49. The van der Waals surface area contributed by atoms with Gasteiger partial charge in [0.2, 0.25) is 5.91 Å². The van der Waals surface area contributed by atoms with Gasteiger partial charge in [0.05, 0.1) is 16.9 Å². The second-order valence-electron chi connectivity index (χ2n) is 7.97. The topological polar surface area (TPSA) is 67.2 Å². The molecule has 4 rings (SSSR count). The molecule has 0 spiro atoms. The van der Waals surface area contributed by atoms with E-state index in [-0.39, 0.29) is 18.7 Å². The van der Waals surface area contributed by atoms with E-state index in [0.717, 1.165) is 23.4 Å². The second-order valence-corrected chi connectivity index (χ2v) is 7.97. The van der Waals surface area contributed by atoms with E-state index in [1.165, 1.54) is 17.0 Å². The number of halogens is 3. The largest absolute Gasteiger partial charge is 0.416 e. The molecule has 3 aromatic carbocycles. The van der Waals surface area contributed by atoms with Crippen molar-refractivity contribution in [2.45, 2.75) is 13.1 Å². The molecule has 6 nitrogen and oxygen atoms in total. The van der Waals surface area contributed by atoms with Gasteiger partial charge in [0.1, 0.15) is 12.4 Å². The Hall–Kier alpha value is -4.40. The van der Waals surface area contributed by atoms with Crippen molar-refractivity contribution in [2.24, 2.45) is 0 Å². The van der Waals surface area contributed by atoms with Gasteiger partial charge >= 0.3 is 6.18 Å². The lowest BCUT2D eigenvalue weighted by molar-refractivity contribution is -0.137. The van der Waals surface area contributed by atoms with Crippen LogP contribution in [0.25, 0.3) is 16.9 Å². The molecular formula is C27H23F3N4O2. The number of alkyl halides is 3. The van der Waals surface area contributed by atoms with Crippen LogP contribution < -0.4 is 5.32 Å². The number of rotatable bonds is 7. The van der Waals surface area contributed by atoms with Crippen molar-refractivity contribution >= 4 is 17.6 Å². The monoisotopic (exact) mass is 492 g/mol. The number of anilines is 1. The van der Waals surface area contributed by atoms with E-state index in [2.05, 4.69) is 10.4 Å². The second kappa shape index (κ2) is 10.5. The summed E-state index contributed by atoms with van der Waals surface area (Å²) in [6.45, 7) is 1.45. The van der Waals surface area contributed by atoms with Gasteiger partial charge in [-0.3, -0.25) is 9.59 Å². The van der Waals surface area contributed by atoms with E-state index in [1.54, 1.807) is 17.7 Å². The van der Waals surface area contributed by atoms with Crippen molar-refractivity contribution in [1.82, 2.24) is 14.7 Å². The van der Waals surface area contributed by atoms with E-state index in [4.69, 9.17) is 0 Å². The van der Waals surface area contributed by atoms with Gasteiger partial charge in [-0.05, 0) is 37.3 Å². The Morgan fingerprint density at radius 2 is 1.58 bits per heavy atom. The van der Waals surface area contributed by atoms with Crippen molar-refractivity contribution < 1.29 is 22.8 Å². The fourth-order valence-electron chi connectivity index (χ4n) is 3.68. The van der Waals surface area contributed by atoms with Crippen molar-refractivity contribution in [3.8, 4) is 16.9 Å². The Morgan fingerprint density at radius 3 is 2.22 bits per heavy atom. The van der Waals surface area contributed by atoms with Gasteiger partial charge in [-0.1, -0.05) is 54.6 Å². The van der Waals surface area contributed by atoms with Gasteiger partial charge in [0.25, 0.3) is 5.91 Å². The summed E-state index contributed by atoms with van der Waals surface area (Å²) in [5.74, 6) is -0.776. The maximum absolute atomic E-state index is 13.1. The highest BCUT2D eigenvalue weighted by atomic mass is 19.4. The molecule has 1 N–H and O–H groups in total. The predicted octanol–water partition coefficient (Wildman–Crippen LogP) is 5.66. The predicted molar refractivity (Wildman–Crippen MR) is 131 cm³/mol. The highest BCUT2D eigenvalue weighted by molar-refractivity contribution is 5.99. The summed E-state index contributed by atoms with van der Waals surface area (Å²) in [5.41, 5.74) is 1.16. The Labute approximate surface area is 206 Å². The summed E-state index contributed by atoms with van der Waals surface area (Å²) < 4.78 is 40.8. The molecule has 0 fully saturated rings. The molecule has 9 heteroatoms. The van der Waals surface area contributed by atoms with Crippen molar-refractivity contribution in [3.05, 3.63) is 102 Å². The van der Waals surface area contributed by atoms with Crippen molar-refractivity contribution in [3.63, 3.8) is 0 Å². The van der Waals surface area contributed by atoms with Crippen LogP contribution in [-0.4, -0.2) is 39.6 Å². The number of likely N-dealkylation sites (N-methyl/N-ethyl adjacent to an activating group) is 1. The maximum Gasteiger partial charge on any atom is 0.416 e. The summed E-state index contributed by atoms with van der Waals surface area (Å²) in [7, 11) is 0. The first-order valence-corrected chi connectivity index (χ1v) is 11.2. The molecule has 184 valence electrons. The summed E-state index contributed by atoms with van der Waals surface area (Å²) in [6.07, 6.45) is -4.57. The number of nitrogens with one attached hydrogen (secondary N) is 1. The molecule has 0 aliphatic rings. The minimum Gasteiger partial charge on any atom is -0.330 e. The number of carbonyl (C=O) groups excluding carboxylic acids is 2. The number of hydrogen-bond acceptors (Lipinski definition) is 3. The lowest BCUT2D eigenvalue weighted by atomic mass is 10.1. The first kappa shape index (κ1) is 24.7. The van der Waals surface area contributed by atoms with Gasteiger partial charge in [-0.15, -0.1) is 0 Å². The van der Waals surface area contributed by atoms with Crippen LogP contribution in [0.5, 0.6) is 0 Å². The van der Waals surface area contributed by atoms with E-state index in [0.29, 0.717) is 11.5 Å². The van der Waals surface area contributed by atoms with Crippen molar-refractivity contribution in [1.29, 1.82) is 0 Å². The Bertz CT molecular complexity index is 1350. The molecule has 0 aliphatic heterocycles. The molecule has 1 aromatic heterocycles. The first-order valence-electron chi connectivity index (χ1n) is 11.2. The summed E-state index contributed by atoms with van der Waals surface area (Å²) >= 11 is 0. The molecule has 4 aromatic rings. The molecule has 0 radical (unpaired) electrons. The van der Waals surface area contributed by atoms with Crippen LogP contribution in [0.2, 0.25) is 0 Å². The van der Waals surface area contributed by atoms with Gasteiger partial charge in [-0.25, -0.2) is 4.68 Å². The fourth-order valence-corrected chi connectivity index (χ4v) is 3.68. The SMILES string of the molecule is CCN(CC(=O)Nc1cc(-c2ccccc2)nn1-c1ccccc1)C(=O)c1cccc(C(F)(F)F)c1. The molecule has 1 heterocycles. The zero-order valence-electron chi connectivity index (χ0n) is 19.4. The third-order valence-corrected chi connectivity index (χ3v) is 5.49. The molecule has 0 bridgehead atoms. The smallest absolute Gasteiger partial charge is 0.330 e. The van der Waals surface area contributed by atoms with Crippen LogP contribution in [0.15, 0.2) is 91.0 Å². The number of amides is 2. The lowest BCUT2D eigenvalue weighted by Crippen LogP contribution is -2.38. The molecule has 36 heavy (non-hydrogen) atoms. The minimum absolute atomic E-state index is 0.135. The standard InChI is InChI=1S/C27H23F3N4O2/c1-2-33(26(36)20-12-9-13-21(16-20)27(28,29)30)18-25(35)31-24-17-23(19-10-5-3-6-11-19)32-34(24)22-14-7-4-8-15-22/h3-17H,2,18H2,1H3,(H,31,35). The maximum atomic E-state index is 13.1. The van der Waals surface area contributed by atoms with Crippen LogP contribution in [0.1, 0.15) is 22.8 Å². The molecule has 0 saturated carbocycles. The number of nitrogens with zero attached hydrogens (tertiary/aromatic N) is 3. The number of carbonyl (C=O) groups is 2. The van der Waals surface area contributed by atoms with E-state index in [9.17, 15) is 22.8 Å². The quantitative estimate of drug-likeness (QED) is 0.362. The zero-order chi connectivity index (χ0) is 25.7. The fraction of sp³-hybridized carbons (Fsp3) is 0.148. The number of hydrogen-bond donors (Lipinski definition) is 1. The Kier molecular flexibility index (Phi) is 7.19. The summed E-state index contributed by atoms with van der Waals surface area (Å²) in [5, 5.41) is 7.43. The Balaban J connectivity index is 1.56. The summed E-state index contributed by atoms with van der Waals surface area (Å²) in [6, 6.07) is 24.6. The normalized spacial score (nSPS) is 11.2. The highest BCUT2D eigenvalue weighted by Gasteiger charge is 2.31. The highest BCUT2D eigenvalue weighted by Crippen LogP contribution is 2.30. The van der Waals surface area contributed by atoms with Crippen LogP contribution in [0, 0.1) is 0 Å². The molecule has 0 aliphatic carbocycles. The molecule has 2 amide bonds. The summed E-state index contributed by atoms with van der Waals surface area (Å²) in [4.78, 5) is 27.0. The third kappa shape index (κ3) is 5.63. The van der Waals surface area contributed by atoms with E-state index >= 15 is 0 Å². The minimum atomic E-state index is -4.57. The zero-order valence-corrected chi connectivity index (χ0v) is 19.4. The van der Waals surface area contributed by atoms with Crippen LogP contribution in [0.4, 0.5) is 19.0 Å². The van der Waals surface area contributed by atoms with Gasteiger partial charge in [0.15, 0.2) is 0 Å². The number of para-hydroxylation sites is 1. The van der Waals surface area contributed by atoms with E-state index < -0.39 is 23.6 Å². The van der Waals surface area contributed by atoms with Gasteiger partial charge in [0, 0.05) is 23.7 Å². The average molecular weight is 493 g/mol. The van der Waals surface area contributed by atoms with Gasteiger partial charge < -0.3 is 10.2 Å². The number of benzene rings is 3. The van der Waals surface area contributed by atoms with Crippen LogP contribution in [-0.2, 0) is 11.0 Å². The number of aromatic nitrogens is 2. The molecule has 0 unspecified atom stereocenters. The van der Waals surface area contributed by atoms with Gasteiger partial charge in [-0.2, -0.15) is 18.3 Å². The van der Waals surface area contributed by atoms with E-state index in [1.807, 2.05) is 60.7 Å². The van der Waals surface area contributed by atoms with Crippen LogP contribution >= 0.6 is 0 Å². The van der Waals surface area contributed by atoms with Crippen molar-refractivity contribution in [2.75, 3.05) is 18.4 Å². The average Bonchev–Trinajstić information content (AvgIpc) is 3.31. The Morgan fingerprint density at radius 1 is 0.917 bits per heavy atom. The molecular weight excluding hydrogens is 469 g/mol. The molecule has 0 atom stereocenters. The van der Waals surface area contributed by atoms with Crippen LogP contribution in [0.3, 0.4) is 0 Å².